The van der Waals surface area contributed by atoms with Gasteiger partial charge in [0.2, 0.25) is 0 Å². The number of hydrogen-bond acceptors (Lipinski definition) is 2. The third kappa shape index (κ3) is 5.87. The van der Waals surface area contributed by atoms with Gasteiger partial charge in [0, 0.05) is 0 Å². The summed E-state index contributed by atoms with van der Waals surface area (Å²) in [6.45, 7) is 17.7. The Morgan fingerprint density at radius 1 is 0.558 bits per heavy atom. The Morgan fingerprint density at radius 3 is 1.21 bits per heavy atom. The summed E-state index contributed by atoms with van der Waals surface area (Å²) in [6.07, 6.45) is -9.07. The standard InChI is InChI=1S/C28H34Si.2C7H5F3O.Zr/c1-17(2)21-9-11-23-13-19(5)27(25(23)15-21)29(7,8)28-20(6)14-24-12-10-22(18(3)4)16-26(24)28;2*8-7(9,10)5-1-3-6(11)4-2-5;/h9-18H,1-8H3;2*1-4,11H;/q;;;+2/p-2. The fraction of sp³-hybridized carbons (Fsp3) is 0.333. The van der Waals surface area contributed by atoms with E-state index in [1.165, 1.54) is 45.8 Å². The molecular weight excluding hydrogens is 770 g/mol. The molecule has 2 unspecified atom stereocenters. The van der Waals surface area contributed by atoms with Gasteiger partial charge in [-0.1, -0.05) is 0 Å². The van der Waals surface area contributed by atoms with Crippen molar-refractivity contribution in [2.75, 3.05) is 0 Å². The van der Waals surface area contributed by atoms with Gasteiger partial charge in [0.15, 0.2) is 0 Å². The van der Waals surface area contributed by atoms with Gasteiger partial charge in [-0.05, 0) is 0 Å². The summed E-state index contributed by atoms with van der Waals surface area (Å²) >= 11 is -5.17. The van der Waals surface area contributed by atoms with E-state index in [2.05, 4.69) is 91.0 Å². The van der Waals surface area contributed by atoms with E-state index in [9.17, 15) is 26.3 Å². The fourth-order valence-electron chi connectivity index (χ4n) is 9.02. The minimum atomic E-state index is -5.17. The second kappa shape index (κ2) is 12.6. The molecule has 10 heteroatoms. The van der Waals surface area contributed by atoms with E-state index in [0.717, 1.165) is 57.7 Å². The van der Waals surface area contributed by atoms with Gasteiger partial charge in [0.25, 0.3) is 0 Å². The van der Waals surface area contributed by atoms with Gasteiger partial charge >= 0.3 is 310 Å². The van der Waals surface area contributed by atoms with Crippen molar-refractivity contribution in [1.82, 2.24) is 0 Å². The van der Waals surface area contributed by atoms with Crippen LogP contribution in [0, 0.1) is 0 Å². The molecule has 0 spiro atoms. The van der Waals surface area contributed by atoms with E-state index in [4.69, 9.17) is 5.63 Å². The molecule has 1 heterocycles. The molecule has 0 fully saturated rings. The molecule has 7 rings (SSSR count). The van der Waals surface area contributed by atoms with Crippen LogP contribution in [0.5, 0.6) is 11.5 Å². The summed E-state index contributed by atoms with van der Waals surface area (Å²) in [6, 6.07) is 22.7. The van der Waals surface area contributed by atoms with Crippen LogP contribution in [-0.2, 0) is 33.5 Å². The average Bonchev–Trinajstić information content (AvgIpc) is 3.54. The van der Waals surface area contributed by atoms with Crippen molar-refractivity contribution >= 4 is 18.5 Å². The van der Waals surface area contributed by atoms with Crippen molar-refractivity contribution in [3.8, 4) is 11.5 Å². The third-order valence-corrected chi connectivity index (χ3v) is 25.4. The Bertz CT molecular complexity index is 1970. The SMILES string of the molecule is CC1=C2c3cc(C(C)C)ccc3[CH]1[Zr]([O]c1ccc(C(F)(F)F)cc1)([O]c1ccc(C(F)(F)F)cc1)[CH]1C(C)=C(c3cc(C(C)C)ccc31)[Si]2(C)C. The van der Waals surface area contributed by atoms with E-state index in [1.807, 2.05) is 0 Å². The molecule has 52 heavy (non-hydrogen) atoms. The first-order chi connectivity index (χ1) is 24.3. The monoisotopic (exact) mass is 810 g/mol. The van der Waals surface area contributed by atoms with Crippen LogP contribution in [0.15, 0.2) is 96.1 Å². The summed E-state index contributed by atoms with van der Waals surface area (Å²) in [4.78, 5) is 0. The number of halogens is 6. The maximum absolute atomic E-state index is 13.7. The van der Waals surface area contributed by atoms with Crippen LogP contribution in [0.4, 0.5) is 26.3 Å². The zero-order valence-corrected chi connectivity index (χ0v) is 33.9. The van der Waals surface area contributed by atoms with Crippen LogP contribution >= 0.6 is 0 Å². The van der Waals surface area contributed by atoms with Crippen LogP contribution in [0.1, 0.15) is 105 Å². The molecule has 4 aromatic rings. The number of alkyl halides is 6. The molecule has 272 valence electrons. The molecular formula is C42H42F6O2SiZr. The predicted molar refractivity (Wildman–Crippen MR) is 193 cm³/mol. The second-order valence-electron chi connectivity index (χ2n) is 15.6. The summed E-state index contributed by atoms with van der Waals surface area (Å²) < 4.78 is 96.4. The molecule has 0 N–H and O–H groups in total. The molecule has 0 radical (unpaired) electrons. The van der Waals surface area contributed by atoms with E-state index in [-0.39, 0.29) is 30.6 Å². The molecule has 2 aliphatic carbocycles. The number of benzene rings is 4. The van der Waals surface area contributed by atoms with Gasteiger partial charge in [-0.25, -0.2) is 0 Å². The first kappa shape index (κ1) is 37.0. The van der Waals surface area contributed by atoms with Gasteiger partial charge in [-0.2, -0.15) is 0 Å². The maximum atomic E-state index is 13.7. The van der Waals surface area contributed by atoms with E-state index < -0.39 is 52.7 Å². The van der Waals surface area contributed by atoms with Crippen LogP contribution in [0.3, 0.4) is 0 Å². The quantitative estimate of drug-likeness (QED) is 0.143. The van der Waals surface area contributed by atoms with Gasteiger partial charge in [0.05, 0.1) is 0 Å². The molecule has 0 aromatic heterocycles. The van der Waals surface area contributed by atoms with Crippen molar-refractivity contribution in [3.05, 3.63) is 141 Å². The van der Waals surface area contributed by atoms with Gasteiger partial charge in [-0.3, -0.25) is 0 Å². The van der Waals surface area contributed by atoms with Crippen LogP contribution in [0.25, 0.3) is 10.4 Å². The van der Waals surface area contributed by atoms with E-state index in [1.54, 1.807) is 0 Å². The van der Waals surface area contributed by atoms with Crippen molar-refractivity contribution in [1.29, 1.82) is 0 Å². The Hall–Kier alpha value is -3.36. The van der Waals surface area contributed by atoms with Crippen molar-refractivity contribution in [2.24, 2.45) is 0 Å². The summed E-state index contributed by atoms with van der Waals surface area (Å²) in [5.41, 5.74) is 7.51. The van der Waals surface area contributed by atoms with E-state index in [0.29, 0.717) is 0 Å². The summed E-state index contributed by atoms with van der Waals surface area (Å²) in [5.74, 6) is 1.03. The van der Waals surface area contributed by atoms with Crippen molar-refractivity contribution in [3.63, 3.8) is 0 Å². The number of hydrogen-bond donors (Lipinski definition) is 0. The Balaban J connectivity index is 1.56. The zero-order chi connectivity index (χ0) is 37.7. The van der Waals surface area contributed by atoms with Crippen LogP contribution in [0.2, 0.25) is 13.1 Å². The zero-order valence-electron chi connectivity index (χ0n) is 30.5. The Kier molecular flexibility index (Phi) is 8.97. The molecule has 1 aliphatic heterocycles. The number of rotatable bonds is 6. The summed E-state index contributed by atoms with van der Waals surface area (Å²) in [5, 5.41) is 2.61. The van der Waals surface area contributed by atoms with Gasteiger partial charge in [0.1, 0.15) is 0 Å². The fourth-order valence-corrected chi connectivity index (χ4v) is 25.6. The molecule has 0 amide bonds. The molecule has 3 aliphatic rings. The van der Waals surface area contributed by atoms with Crippen LogP contribution in [-0.4, -0.2) is 8.07 Å². The Morgan fingerprint density at radius 2 is 0.904 bits per heavy atom. The third-order valence-electron chi connectivity index (χ3n) is 11.3. The number of fused-ring (bicyclic) bond motifs is 8. The Labute approximate surface area is 308 Å². The molecule has 4 aromatic carbocycles. The predicted octanol–water partition coefficient (Wildman–Crippen LogP) is 13.3. The molecule has 0 saturated carbocycles. The van der Waals surface area contributed by atoms with Crippen molar-refractivity contribution < 1.29 is 53.1 Å². The van der Waals surface area contributed by atoms with Gasteiger partial charge in [-0.15, -0.1) is 0 Å². The molecule has 2 nitrogen and oxygen atoms in total. The summed E-state index contributed by atoms with van der Waals surface area (Å²) in [7, 11) is -2.46. The molecule has 4 bridgehead atoms. The first-order valence-corrected chi connectivity index (χ1v) is 25.5. The van der Waals surface area contributed by atoms with Crippen LogP contribution < -0.4 is 5.63 Å². The average molecular weight is 812 g/mol. The number of allylic oxidation sites excluding steroid dienone is 2. The van der Waals surface area contributed by atoms with Gasteiger partial charge < -0.3 is 0 Å². The first-order valence-electron chi connectivity index (χ1n) is 17.7. The molecule has 0 saturated heterocycles. The molecule has 2 atom stereocenters. The second-order valence-corrected chi connectivity index (χ2v) is 27.2. The van der Waals surface area contributed by atoms with Crippen molar-refractivity contribution in [2.45, 2.75) is 86.1 Å². The normalized spacial score (nSPS) is 20.2. The minimum absolute atomic E-state index is 0.246. The topological polar surface area (TPSA) is 18.5 Å². The van der Waals surface area contributed by atoms with E-state index >= 15 is 0 Å².